The fourth-order valence-corrected chi connectivity index (χ4v) is 3.35. The molecule has 1 aromatic rings. The summed E-state index contributed by atoms with van der Waals surface area (Å²) in [6.07, 6.45) is 2.53. The van der Waals surface area contributed by atoms with Gasteiger partial charge in [-0.15, -0.1) is 0 Å². The first-order valence-electron chi connectivity index (χ1n) is 6.34. The minimum Gasteiger partial charge on any atom is -0.366 e. The lowest BCUT2D eigenvalue weighted by molar-refractivity contribution is 0.543. The molecule has 0 aliphatic carbocycles. The molecule has 0 spiro atoms. The van der Waals surface area contributed by atoms with Crippen molar-refractivity contribution in [1.29, 1.82) is 0 Å². The molecule has 0 bridgehead atoms. The predicted molar refractivity (Wildman–Crippen MR) is 82.4 cm³/mol. The number of anilines is 1. The van der Waals surface area contributed by atoms with Crippen LogP contribution in [0.3, 0.4) is 0 Å². The summed E-state index contributed by atoms with van der Waals surface area (Å²) >= 11 is 5.49. The van der Waals surface area contributed by atoms with Gasteiger partial charge in [-0.2, -0.15) is 11.8 Å². The highest BCUT2D eigenvalue weighted by Gasteiger charge is 2.20. The van der Waals surface area contributed by atoms with E-state index in [9.17, 15) is 0 Å². The van der Waals surface area contributed by atoms with E-state index < -0.39 is 0 Å². The Morgan fingerprint density at radius 2 is 2.17 bits per heavy atom. The fraction of sp³-hybridized carbons (Fsp3) is 0.692. The van der Waals surface area contributed by atoms with Crippen LogP contribution in [0.2, 0.25) is 0 Å². The molecule has 0 aromatic carbocycles. The van der Waals surface area contributed by atoms with Crippen LogP contribution in [0, 0.1) is 0 Å². The topological polar surface area (TPSA) is 37.8 Å². The minimum atomic E-state index is -0.0263. The lowest BCUT2D eigenvalue weighted by Gasteiger charge is -2.24. The summed E-state index contributed by atoms with van der Waals surface area (Å²) in [6.45, 7) is 6.40. The van der Waals surface area contributed by atoms with Crippen LogP contribution < -0.4 is 5.32 Å². The SMILES string of the molecule is CC(C)(C)c1nc(Br)cc(NC2CCCSC2)n1. The van der Waals surface area contributed by atoms with Crippen molar-refractivity contribution in [2.45, 2.75) is 45.1 Å². The molecule has 0 amide bonds. The molecule has 1 aliphatic heterocycles. The Hall–Kier alpha value is -0.290. The molecule has 2 rings (SSSR count). The molecule has 1 unspecified atom stereocenters. The lowest BCUT2D eigenvalue weighted by atomic mass is 9.96. The second-order valence-electron chi connectivity index (χ2n) is 5.71. The van der Waals surface area contributed by atoms with E-state index in [1.807, 2.05) is 17.8 Å². The van der Waals surface area contributed by atoms with Crippen LogP contribution in [0.4, 0.5) is 5.82 Å². The maximum Gasteiger partial charge on any atom is 0.137 e. The molecule has 1 aromatic heterocycles. The van der Waals surface area contributed by atoms with Gasteiger partial charge in [-0.05, 0) is 34.5 Å². The highest BCUT2D eigenvalue weighted by molar-refractivity contribution is 9.10. The number of thioether (sulfide) groups is 1. The van der Waals surface area contributed by atoms with Gasteiger partial charge in [-0.25, -0.2) is 9.97 Å². The second kappa shape index (κ2) is 5.78. The molecule has 1 fully saturated rings. The normalized spacial score (nSPS) is 20.8. The number of hydrogen-bond acceptors (Lipinski definition) is 4. The first-order valence-corrected chi connectivity index (χ1v) is 8.29. The van der Waals surface area contributed by atoms with Gasteiger partial charge in [0.15, 0.2) is 0 Å². The van der Waals surface area contributed by atoms with E-state index >= 15 is 0 Å². The highest BCUT2D eigenvalue weighted by Crippen LogP contribution is 2.25. The monoisotopic (exact) mass is 329 g/mol. The molecule has 100 valence electrons. The quantitative estimate of drug-likeness (QED) is 0.836. The molecule has 18 heavy (non-hydrogen) atoms. The van der Waals surface area contributed by atoms with E-state index in [1.165, 1.54) is 24.3 Å². The maximum atomic E-state index is 4.64. The third kappa shape index (κ3) is 3.85. The van der Waals surface area contributed by atoms with E-state index in [0.29, 0.717) is 6.04 Å². The summed E-state index contributed by atoms with van der Waals surface area (Å²) in [4.78, 5) is 9.10. The average Bonchev–Trinajstić information content (AvgIpc) is 2.28. The van der Waals surface area contributed by atoms with Crippen molar-refractivity contribution in [2.75, 3.05) is 16.8 Å². The first-order chi connectivity index (χ1) is 8.45. The van der Waals surface area contributed by atoms with Gasteiger partial charge in [0.1, 0.15) is 16.2 Å². The Morgan fingerprint density at radius 1 is 1.39 bits per heavy atom. The molecule has 1 saturated heterocycles. The molecule has 1 atom stereocenters. The zero-order chi connectivity index (χ0) is 13.2. The van der Waals surface area contributed by atoms with Gasteiger partial charge in [0.05, 0.1) is 0 Å². The van der Waals surface area contributed by atoms with Gasteiger partial charge in [-0.3, -0.25) is 0 Å². The van der Waals surface area contributed by atoms with Crippen molar-refractivity contribution < 1.29 is 0 Å². The van der Waals surface area contributed by atoms with Crippen molar-refractivity contribution in [1.82, 2.24) is 9.97 Å². The molecule has 5 heteroatoms. The Labute approximate surface area is 122 Å². The lowest BCUT2D eigenvalue weighted by Crippen LogP contribution is -2.27. The molecule has 1 aliphatic rings. The minimum absolute atomic E-state index is 0.0263. The summed E-state index contributed by atoms with van der Waals surface area (Å²) in [5, 5.41) is 3.53. The summed E-state index contributed by atoms with van der Waals surface area (Å²) in [6, 6.07) is 2.51. The standard InChI is InChI=1S/C13H20BrN3S/c1-13(2,3)12-16-10(14)7-11(17-12)15-9-5-4-6-18-8-9/h7,9H,4-6,8H2,1-3H3,(H,15,16,17). The van der Waals surface area contributed by atoms with Crippen LogP contribution in [0.15, 0.2) is 10.7 Å². The number of halogens is 1. The van der Waals surface area contributed by atoms with Gasteiger partial charge < -0.3 is 5.32 Å². The van der Waals surface area contributed by atoms with E-state index in [1.54, 1.807) is 0 Å². The molecular formula is C13H20BrN3S. The number of rotatable bonds is 2. The van der Waals surface area contributed by atoms with Gasteiger partial charge >= 0.3 is 0 Å². The predicted octanol–water partition coefficient (Wildman–Crippen LogP) is 3.84. The van der Waals surface area contributed by atoms with Crippen molar-refractivity contribution in [3.63, 3.8) is 0 Å². The molecule has 0 radical (unpaired) electrons. The van der Waals surface area contributed by atoms with Crippen molar-refractivity contribution >= 4 is 33.5 Å². The number of nitrogens with zero attached hydrogens (tertiary/aromatic N) is 2. The molecular weight excluding hydrogens is 310 g/mol. The van der Waals surface area contributed by atoms with Crippen LogP contribution in [0.1, 0.15) is 39.4 Å². The van der Waals surface area contributed by atoms with E-state index in [2.05, 4.69) is 52.0 Å². The van der Waals surface area contributed by atoms with Crippen LogP contribution in [0.5, 0.6) is 0 Å². The molecule has 0 saturated carbocycles. The van der Waals surface area contributed by atoms with E-state index in [0.717, 1.165) is 16.2 Å². The molecule has 2 heterocycles. The van der Waals surface area contributed by atoms with Gasteiger partial charge in [-0.1, -0.05) is 20.8 Å². The largest absolute Gasteiger partial charge is 0.366 e. The third-order valence-corrected chi connectivity index (χ3v) is 4.50. The summed E-state index contributed by atoms with van der Waals surface area (Å²) in [5.41, 5.74) is -0.0263. The molecule has 1 N–H and O–H groups in total. The Morgan fingerprint density at radius 3 is 2.78 bits per heavy atom. The highest BCUT2D eigenvalue weighted by atomic mass is 79.9. The third-order valence-electron chi connectivity index (χ3n) is 2.88. The summed E-state index contributed by atoms with van der Waals surface area (Å²) in [5.74, 6) is 4.28. The number of hydrogen-bond donors (Lipinski definition) is 1. The van der Waals surface area contributed by atoms with Crippen LogP contribution in [0.25, 0.3) is 0 Å². The van der Waals surface area contributed by atoms with Crippen molar-refractivity contribution in [3.8, 4) is 0 Å². The fourth-order valence-electron chi connectivity index (χ4n) is 1.89. The van der Waals surface area contributed by atoms with Gasteiger partial charge in [0.25, 0.3) is 0 Å². The van der Waals surface area contributed by atoms with Crippen LogP contribution in [-0.4, -0.2) is 27.5 Å². The number of nitrogens with one attached hydrogen (secondary N) is 1. The Balaban J connectivity index is 2.14. The first kappa shape index (κ1) is 14.1. The van der Waals surface area contributed by atoms with Gasteiger partial charge in [0, 0.05) is 23.3 Å². The Kier molecular flexibility index (Phi) is 4.54. The number of aromatic nitrogens is 2. The molecule has 3 nitrogen and oxygen atoms in total. The average molecular weight is 330 g/mol. The van der Waals surface area contributed by atoms with Crippen LogP contribution in [-0.2, 0) is 5.41 Å². The smallest absolute Gasteiger partial charge is 0.137 e. The summed E-state index contributed by atoms with van der Waals surface area (Å²) in [7, 11) is 0. The zero-order valence-corrected chi connectivity index (χ0v) is 13.6. The Bertz CT molecular complexity index is 411. The van der Waals surface area contributed by atoms with Gasteiger partial charge in [0.2, 0.25) is 0 Å². The maximum absolute atomic E-state index is 4.64. The van der Waals surface area contributed by atoms with E-state index in [-0.39, 0.29) is 5.41 Å². The second-order valence-corrected chi connectivity index (χ2v) is 7.67. The van der Waals surface area contributed by atoms with Crippen molar-refractivity contribution in [3.05, 3.63) is 16.5 Å². The summed E-state index contributed by atoms with van der Waals surface area (Å²) < 4.78 is 0.855. The van der Waals surface area contributed by atoms with Crippen LogP contribution >= 0.6 is 27.7 Å². The van der Waals surface area contributed by atoms with E-state index in [4.69, 9.17) is 0 Å². The zero-order valence-electron chi connectivity index (χ0n) is 11.2. The van der Waals surface area contributed by atoms with Crippen molar-refractivity contribution in [2.24, 2.45) is 0 Å².